The summed E-state index contributed by atoms with van der Waals surface area (Å²) >= 11 is 0. The van der Waals surface area contributed by atoms with E-state index >= 15 is 0 Å². The normalized spacial score (nSPS) is 11.5. The number of nitrogens with one attached hydrogen (secondary N) is 1. The van der Waals surface area contributed by atoms with E-state index in [1.807, 2.05) is 6.92 Å². The molecule has 0 unspecified atom stereocenters. The van der Waals surface area contributed by atoms with Gasteiger partial charge in [-0.1, -0.05) is 12.1 Å². The van der Waals surface area contributed by atoms with Gasteiger partial charge in [-0.25, -0.2) is 21.6 Å². The summed E-state index contributed by atoms with van der Waals surface area (Å²) in [6.07, 6.45) is 4.93. The third-order valence-electron chi connectivity index (χ3n) is 4.76. The van der Waals surface area contributed by atoms with Crippen molar-refractivity contribution >= 4 is 15.7 Å². The Morgan fingerprint density at radius 3 is 2.44 bits per heavy atom. The number of benzene rings is 2. The molecular weight excluding hydrogens is 441 g/mol. The van der Waals surface area contributed by atoms with Gasteiger partial charge in [-0.3, -0.25) is 14.4 Å². The number of para-hydroxylation sites is 1. The van der Waals surface area contributed by atoms with Crippen LogP contribution in [0.4, 0.5) is 18.9 Å². The SMILES string of the molecule is CCn1cc(-c2ccncc2)c(-c2cccc(F)c2NS(=O)(=O)c2cc(F)ccc2F)n1. The summed E-state index contributed by atoms with van der Waals surface area (Å²) in [4.78, 5) is 3.05. The van der Waals surface area contributed by atoms with Crippen LogP contribution in [-0.2, 0) is 16.6 Å². The molecule has 2 heterocycles. The zero-order valence-corrected chi connectivity index (χ0v) is 17.6. The lowest BCUT2D eigenvalue weighted by Crippen LogP contribution is -2.16. The number of rotatable bonds is 6. The first-order chi connectivity index (χ1) is 15.3. The van der Waals surface area contributed by atoms with Crippen LogP contribution in [0.15, 0.2) is 72.0 Å². The van der Waals surface area contributed by atoms with E-state index in [2.05, 4.69) is 14.8 Å². The highest BCUT2D eigenvalue weighted by molar-refractivity contribution is 7.92. The Morgan fingerprint density at radius 1 is 0.969 bits per heavy atom. The molecule has 2 aromatic heterocycles. The molecule has 0 saturated heterocycles. The Hall–Kier alpha value is -3.66. The van der Waals surface area contributed by atoms with Crippen LogP contribution in [0.5, 0.6) is 0 Å². The zero-order chi connectivity index (χ0) is 22.9. The van der Waals surface area contributed by atoms with Gasteiger partial charge in [0.05, 0.1) is 5.69 Å². The summed E-state index contributed by atoms with van der Waals surface area (Å²) in [5.74, 6) is -3.00. The quantitative estimate of drug-likeness (QED) is 0.448. The minimum atomic E-state index is -4.65. The zero-order valence-electron chi connectivity index (χ0n) is 16.8. The summed E-state index contributed by atoms with van der Waals surface area (Å²) in [5.41, 5.74) is 1.40. The predicted octanol–water partition coefficient (Wildman–Crippen LogP) is 4.85. The lowest BCUT2D eigenvalue weighted by atomic mass is 10.0. The number of nitrogens with zero attached hydrogens (tertiary/aromatic N) is 3. The molecule has 10 heteroatoms. The summed E-state index contributed by atoms with van der Waals surface area (Å²) in [6.45, 7) is 2.39. The van der Waals surface area contributed by atoms with E-state index in [0.717, 1.165) is 17.7 Å². The maximum absolute atomic E-state index is 14.8. The average Bonchev–Trinajstić information content (AvgIpc) is 3.21. The number of anilines is 1. The molecule has 0 fully saturated rings. The van der Waals surface area contributed by atoms with Gasteiger partial charge in [0.2, 0.25) is 0 Å². The fourth-order valence-electron chi connectivity index (χ4n) is 3.22. The van der Waals surface area contributed by atoms with Gasteiger partial charge >= 0.3 is 0 Å². The lowest BCUT2D eigenvalue weighted by Gasteiger charge is -2.14. The highest BCUT2D eigenvalue weighted by Crippen LogP contribution is 2.37. The highest BCUT2D eigenvalue weighted by atomic mass is 32.2. The number of hydrogen-bond acceptors (Lipinski definition) is 4. The molecule has 0 atom stereocenters. The van der Waals surface area contributed by atoms with E-state index in [9.17, 15) is 21.6 Å². The second-order valence-corrected chi connectivity index (χ2v) is 8.48. The monoisotopic (exact) mass is 458 g/mol. The molecule has 164 valence electrons. The van der Waals surface area contributed by atoms with Crippen LogP contribution in [0.25, 0.3) is 22.4 Å². The minimum absolute atomic E-state index is 0.143. The molecule has 0 spiro atoms. The standard InChI is InChI=1S/C22H17F3N4O2S/c1-2-29-13-17(14-8-10-26-11-9-14)21(27-29)16-4-3-5-19(25)22(16)28-32(30,31)20-12-15(23)6-7-18(20)24/h3-13,28H,2H2,1H3. The molecule has 0 saturated carbocycles. The van der Waals surface area contributed by atoms with Crippen LogP contribution in [0.3, 0.4) is 0 Å². The minimum Gasteiger partial charge on any atom is -0.276 e. The number of halogens is 3. The number of aryl methyl sites for hydroxylation is 1. The third kappa shape index (κ3) is 4.09. The van der Waals surface area contributed by atoms with Crippen molar-refractivity contribution in [3.63, 3.8) is 0 Å². The van der Waals surface area contributed by atoms with Crippen LogP contribution in [0.2, 0.25) is 0 Å². The van der Waals surface area contributed by atoms with E-state index in [1.54, 1.807) is 35.4 Å². The molecular formula is C22H17F3N4O2S. The van der Waals surface area contributed by atoms with Crippen molar-refractivity contribution in [3.8, 4) is 22.4 Å². The Morgan fingerprint density at radius 2 is 1.72 bits per heavy atom. The van der Waals surface area contributed by atoms with Gasteiger partial charge in [0, 0.05) is 36.3 Å². The smallest absolute Gasteiger partial charge is 0.265 e. The molecule has 4 rings (SSSR count). The first-order valence-corrected chi connectivity index (χ1v) is 11.0. The Labute approximate surface area is 182 Å². The summed E-state index contributed by atoms with van der Waals surface area (Å²) < 4.78 is 71.9. The van der Waals surface area contributed by atoms with Crippen molar-refractivity contribution in [2.45, 2.75) is 18.4 Å². The van der Waals surface area contributed by atoms with Crippen molar-refractivity contribution in [2.75, 3.05) is 4.72 Å². The Balaban J connectivity index is 1.87. The highest BCUT2D eigenvalue weighted by Gasteiger charge is 2.25. The molecule has 2 aromatic carbocycles. The van der Waals surface area contributed by atoms with Crippen molar-refractivity contribution in [1.82, 2.24) is 14.8 Å². The first kappa shape index (κ1) is 21.6. The van der Waals surface area contributed by atoms with Gasteiger partial charge < -0.3 is 0 Å². The largest absolute Gasteiger partial charge is 0.276 e. The van der Waals surface area contributed by atoms with Crippen molar-refractivity contribution in [2.24, 2.45) is 0 Å². The molecule has 0 bridgehead atoms. The number of pyridine rings is 1. The maximum atomic E-state index is 14.8. The predicted molar refractivity (Wildman–Crippen MR) is 114 cm³/mol. The summed E-state index contributed by atoms with van der Waals surface area (Å²) in [7, 11) is -4.65. The van der Waals surface area contributed by atoms with Crippen LogP contribution < -0.4 is 4.72 Å². The lowest BCUT2D eigenvalue weighted by molar-refractivity contribution is 0.555. The van der Waals surface area contributed by atoms with Gasteiger partial charge in [0.25, 0.3) is 10.0 Å². The fraction of sp³-hybridized carbons (Fsp3) is 0.0909. The fourth-order valence-corrected chi connectivity index (χ4v) is 4.40. The second-order valence-electron chi connectivity index (χ2n) is 6.83. The molecule has 4 aromatic rings. The molecule has 0 aliphatic carbocycles. The number of sulfonamides is 1. The first-order valence-electron chi connectivity index (χ1n) is 9.54. The van der Waals surface area contributed by atoms with E-state index < -0.39 is 38.1 Å². The van der Waals surface area contributed by atoms with Gasteiger partial charge in [-0.2, -0.15) is 5.10 Å². The molecule has 0 aliphatic heterocycles. The molecule has 1 N–H and O–H groups in total. The van der Waals surface area contributed by atoms with E-state index in [1.165, 1.54) is 12.1 Å². The average molecular weight is 458 g/mol. The third-order valence-corrected chi connectivity index (χ3v) is 6.13. The van der Waals surface area contributed by atoms with Crippen LogP contribution >= 0.6 is 0 Å². The van der Waals surface area contributed by atoms with Gasteiger partial charge in [0.1, 0.15) is 28.0 Å². The molecule has 6 nitrogen and oxygen atoms in total. The second kappa shape index (κ2) is 8.46. The van der Waals surface area contributed by atoms with Crippen molar-refractivity contribution in [1.29, 1.82) is 0 Å². The van der Waals surface area contributed by atoms with Gasteiger partial charge in [0.15, 0.2) is 0 Å². The van der Waals surface area contributed by atoms with Crippen LogP contribution in [0.1, 0.15) is 6.92 Å². The van der Waals surface area contributed by atoms with E-state index in [-0.39, 0.29) is 5.56 Å². The molecule has 0 aliphatic rings. The van der Waals surface area contributed by atoms with E-state index in [4.69, 9.17) is 0 Å². The maximum Gasteiger partial charge on any atom is 0.265 e. The van der Waals surface area contributed by atoms with Crippen LogP contribution in [0, 0.1) is 17.5 Å². The van der Waals surface area contributed by atoms with E-state index in [0.29, 0.717) is 29.9 Å². The van der Waals surface area contributed by atoms with Crippen LogP contribution in [-0.4, -0.2) is 23.2 Å². The Bertz CT molecular complexity index is 1390. The molecule has 32 heavy (non-hydrogen) atoms. The summed E-state index contributed by atoms with van der Waals surface area (Å²) in [6, 6.07) is 9.47. The number of aromatic nitrogens is 3. The summed E-state index contributed by atoms with van der Waals surface area (Å²) in [5, 5.41) is 4.47. The Kier molecular flexibility index (Phi) is 5.70. The van der Waals surface area contributed by atoms with Crippen molar-refractivity contribution in [3.05, 3.63) is 84.6 Å². The molecule has 0 radical (unpaired) electrons. The molecule has 0 amide bonds. The van der Waals surface area contributed by atoms with Gasteiger partial charge in [-0.05, 0) is 48.9 Å². The van der Waals surface area contributed by atoms with Gasteiger partial charge in [-0.15, -0.1) is 0 Å². The number of hydrogen-bond donors (Lipinski definition) is 1. The topological polar surface area (TPSA) is 76.9 Å². The van der Waals surface area contributed by atoms with Crippen molar-refractivity contribution < 1.29 is 21.6 Å².